The van der Waals surface area contributed by atoms with Crippen LogP contribution >= 0.6 is 0 Å². The summed E-state index contributed by atoms with van der Waals surface area (Å²) in [5, 5.41) is 2.77. The maximum atomic E-state index is 12.3. The SMILES string of the molecule is COc1cc(OC)c(OC)cc1C=CCNC(=O)OCC1c2ccccc2-c2ccccc21. The first-order valence-electron chi connectivity index (χ1n) is 10.7. The lowest BCUT2D eigenvalue weighted by atomic mass is 9.98. The van der Waals surface area contributed by atoms with Crippen molar-refractivity contribution < 1.29 is 23.7 Å². The molecule has 0 aromatic heterocycles. The normalized spacial score (nSPS) is 12.2. The Kier molecular flexibility index (Phi) is 6.83. The third kappa shape index (κ3) is 4.65. The van der Waals surface area contributed by atoms with Crippen molar-refractivity contribution in [3.05, 3.63) is 83.4 Å². The number of nitrogens with one attached hydrogen (secondary N) is 1. The molecule has 170 valence electrons. The van der Waals surface area contributed by atoms with Crippen LogP contribution in [0.5, 0.6) is 17.2 Å². The molecule has 0 unspecified atom stereocenters. The average Bonchev–Trinajstić information content (AvgIpc) is 3.18. The van der Waals surface area contributed by atoms with Crippen LogP contribution in [0.4, 0.5) is 4.79 Å². The van der Waals surface area contributed by atoms with Gasteiger partial charge in [-0.25, -0.2) is 4.79 Å². The predicted molar refractivity (Wildman–Crippen MR) is 128 cm³/mol. The van der Waals surface area contributed by atoms with Gasteiger partial charge in [-0.3, -0.25) is 0 Å². The standard InChI is InChI=1S/C27H27NO5/c1-30-24-16-26(32-3)25(31-2)15-18(24)9-8-14-28-27(29)33-17-23-21-12-6-4-10-19(21)20-11-5-7-13-22(20)23/h4-13,15-16,23H,14,17H2,1-3H3,(H,28,29). The number of methoxy groups -OCH3 is 3. The van der Waals surface area contributed by atoms with Crippen LogP contribution in [0.15, 0.2) is 66.7 Å². The molecule has 3 aromatic carbocycles. The van der Waals surface area contributed by atoms with Crippen LogP contribution in [-0.4, -0.2) is 40.6 Å². The molecule has 0 radical (unpaired) electrons. The molecule has 0 fully saturated rings. The molecule has 0 aliphatic heterocycles. The Morgan fingerprint density at radius 3 is 2.03 bits per heavy atom. The molecule has 1 aliphatic rings. The quantitative estimate of drug-likeness (QED) is 0.512. The molecule has 0 atom stereocenters. The fraction of sp³-hybridized carbons (Fsp3) is 0.222. The van der Waals surface area contributed by atoms with Crippen LogP contribution in [-0.2, 0) is 4.74 Å². The van der Waals surface area contributed by atoms with Gasteiger partial charge in [-0.2, -0.15) is 0 Å². The Balaban J connectivity index is 1.35. The molecule has 0 saturated heterocycles. The summed E-state index contributed by atoms with van der Waals surface area (Å²) in [5.74, 6) is 1.87. The van der Waals surface area contributed by atoms with E-state index >= 15 is 0 Å². The molecule has 0 bridgehead atoms. The van der Waals surface area contributed by atoms with Crippen LogP contribution < -0.4 is 19.5 Å². The second-order valence-electron chi connectivity index (χ2n) is 7.56. The molecule has 4 rings (SSSR count). The molecule has 1 N–H and O–H groups in total. The van der Waals surface area contributed by atoms with E-state index in [4.69, 9.17) is 18.9 Å². The van der Waals surface area contributed by atoms with Gasteiger partial charge in [-0.05, 0) is 28.3 Å². The Morgan fingerprint density at radius 1 is 0.848 bits per heavy atom. The fourth-order valence-corrected chi connectivity index (χ4v) is 4.16. The second kappa shape index (κ2) is 10.1. The Bertz CT molecular complexity index is 1130. The number of alkyl carbamates (subject to hydrolysis) is 1. The van der Waals surface area contributed by atoms with Gasteiger partial charge in [0.2, 0.25) is 0 Å². The number of fused-ring (bicyclic) bond motifs is 3. The summed E-state index contributed by atoms with van der Waals surface area (Å²) in [7, 11) is 4.75. The van der Waals surface area contributed by atoms with E-state index in [1.807, 2.05) is 42.5 Å². The summed E-state index contributed by atoms with van der Waals surface area (Å²) in [6.07, 6.45) is 3.22. The van der Waals surface area contributed by atoms with Crippen molar-refractivity contribution in [2.24, 2.45) is 0 Å². The summed E-state index contributed by atoms with van der Waals surface area (Å²) in [4.78, 5) is 12.3. The number of hydrogen-bond acceptors (Lipinski definition) is 5. The molecule has 0 spiro atoms. The molecule has 0 heterocycles. The summed E-state index contributed by atoms with van der Waals surface area (Å²) < 4.78 is 21.6. The largest absolute Gasteiger partial charge is 0.496 e. The smallest absolute Gasteiger partial charge is 0.407 e. The summed E-state index contributed by atoms with van der Waals surface area (Å²) in [5.41, 5.74) is 5.59. The zero-order chi connectivity index (χ0) is 23.2. The van der Waals surface area contributed by atoms with E-state index in [9.17, 15) is 4.79 Å². The monoisotopic (exact) mass is 445 g/mol. The van der Waals surface area contributed by atoms with Crippen LogP contribution in [0.1, 0.15) is 22.6 Å². The molecular formula is C27H27NO5. The lowest BCUT2D eigenvalue weighted by Crippen LogP contribution is -2.26. The third-order valence-corrected chi connectivity index (χ3v) is 5.74. The first kappa shape index (κ1) is 22.3. The summed E-state index contributed by atoms with van der Waals surface area (Å²) >= 11 is 0. The lowest BCUT2D eigenvalue weighted by Gasteiger charge is -2.14. The van der Waals surface area contributed by atoms with E-state index in [1.165, 1.54) is 22.3 Å². The van der Waals surface area contributed by atoms with Gasteiger partial charge in [0.05, 0.1) is 21.3 Å². The zero-order valence-electron chi connectivity index (χ0n) is 19.0. The molecule has 33 heavy (non-hydrogen) atoms. The van der Waals surface area contributed by atoms with Crippen molar-refractivity contribution in [1.29, 1.82) is 0 Å². The highest BCUT2D eigenvalue weighted by atomic mass is 16.5. The minimum atomic E-state index is -0.458. The number of carbonyl (C=O) groups excluding carboxylic acids is 1. The number of carbonyl (C=O) groups is 1. The lowest BCUT2D eigenvalue weighted by molar-refractivity contribution is 0.144. The van der Waals surface area contributed by atoms with E-state index in [0.29, 0.717) is 23.8 Å². The number of hydrogen-bond donors (Lipinski definition) is 1. The van der Waals surface area contributed by atoms with E-state index in [0.717, 1.165) is 5.56 Å². The number of amides is 1. The molecule has 6 nitrogen and oxygen atoms in total. The molecule has 1 amide bonds. The number of ether oxygens (including phenoxy) is 4. The third-order valence-electron chi connectivity index (χ3n) is 5.74. The fourth-order valence-electron chi connectivity index (χ4n) is 4.16. The van der Waals surface area contributed by atoms with E-state index in [2.05, 4.69) is 29.6 Å². The minimum absolute atomic E-state index is 0.0368. The number of benzene rings is 3. The topological polar surface area (TPSA) is 66.0 Å². The van der Waals surface area contributed by atoms with Crippen molar-refractivity contribution in [2.75, 3.05) is 34.5 Å². The molecule has 1 aliphatic carbocycles. The maximum absolute atomic E-state index is 12.3. The first-order chi connectivity index (χ1) is 16.2. The van der Waals surface area contributed by atoms with Crippen LogP contribution in [0.3, 0.4) is 0 Å². The average molecular weight is 446 g/mol. The summed E-state index contributed by atoms with van der Waals surface area (Å²) in [6, 6.07) is 20.1. The Morgan fingerprint density at radius 2 is 1.42 bits per heavy atom. The van der Waals surface area contributed by atoms with Gasteiger partial charge >= 0.3 is 6.09 Å². The van der Waals surface area contributed by atoms with Gasteiger partial charge in [-0.15, -0.1) is 0 Å². The number of rotatable bonds is 8. The zero-order valence-corrected chi connectivity index (χ0v) is 19.0. The van der Waals surface area contributed by atoms with Gasteiger partial charge in [-0.1, -0.05) is 60.7 Å². The molecule has 3 aromatic rings. The van der Waals surface area contributed by atoms with Crippen molar-refractivity contribution in [3.8, 4) is 28.4 Å². The van der Waals surface area contributed by atoms with Crippen molar-refractivity contribution in [2.45, 2.75) is 5.92 Å². The molecular weight excluding hydrogens is 418 g/mol. The van der Waals surface area contributed by atoms with Crippen LogP contribution in [0, 0.1) is 0 Å². The maximum Gasteiger partial charge on any atom is 0.407 e. The van der Waals surface area contributed by atoms with Crippen molar-refractivity contribution in [3.63, 3.8) is 0 Å². The van der Waals surface area contributed by atoms with Gasteiger partial charge in [0.25, 0.3) is 0 Å². The van der Waals surface area contributed by atoms with Crippen molar-refractivity contribution >= 4 is 12.2 Å². The van der Waals surface area contributed by atoms with Crippen LogP contribution in [0.2, 0.25) is 0 Å². The van der Waals surface area contributed by atoms with Gasteiger partial charge < -0.3 is 24.3 Å². The van der Waals surface area contributed by atoms with E-state index < -0.39 is 6.09 Å². The van der Waals surface area contributed by atoms with Crippen LogP contribution in [0.25, 0.3) is 17.2 Å². The van der Waals surface area contributed by atoms with Gasteiger partial charge in [0, 0.05) is 24.1 Å². The minimum Gasteiger partial charge on any atom is -0.496 e. The predicted octanol–water partition coefficient (Wildman–Crippen LogP) is 5.26. The second-order valence-corrected chi connectivity index (χ2v) is 7.56. The van der Waals surface area contributed by atoms with Gasteiger partial charge in [0.1, 0.15) is 12.4 Å². The summed E-state index contributed by atoms with van der Waals surface area (Å²) in [6.45, 7) is 0.598. The molecule has 6 heteroatoms. The highest BCUT2D eigenvalue weighted by Crippen LogP contribution is 2.44. The highest BCUT2D eigenvalue weighted by molar-refractivity contribution is 5.79. The van der Waals surface area contributed by atoms with E-state index in [-0.39, 0.29) is 12.5 Å². The highest BCUT2D eigenvalue weighted by Gasteiger charge is 2.28. The van der Waals surface area contributed by atoms with Gasteiger partial charge in [0.15, 0.2) is 11.5 Å². The first-order valence-corrected chi connectivity index (χ1v) is 10.7. The van der Waals surface area contributed by atoms with E-state index in [1.54, 1.807) is 27.4 Å². The Labute approximate surface area is 193 Å². The Hall–Kier alpha value is -3.93. The van der Waals surface area contributed by atoms with Crippen molar-refractivity contribution in [1.82, 2.24) is 5.32 Å². The molecule has 0 saturated carbocycles.